The Morgan fingerprint density at radius 1 is 1.50 bits per heavy atom. The molecule has 5 nitrogen and oxygen atoms in total. The number of nitrogens with two attached hydrogens (primary N) is 1. The summed E-state index contributed by atoms with van der Waals surface area (Å²) in [7, 11) is 0. The molecule has 0 heterocycles. The van der Waals surface area contributed by atoms with Gasteiger partial charge in [-0.15, -0.1) is 4.84 Å². The van der Waals surface area contributed by atoms with Gasteiger partial charge >= 0.3 is 5.09 Å². The lowest BCUT2D eigenvalue weighted by Gasteiger charge is -2.06. The first kappa shape index (κ1) is 10.3. The standard InChI is InChI=1S/C9H13N2O3/c1-6(2)7-3-4-9(8(10)5-7)14-11(12)13/h3-6H,10H2,1-2H3,(H,12,13)/q+1. The quantitative estimate of drug-likeness (QED) is 0.572. The third-order valence-corrected chi connectivity index (χ3v) is 1.88. The fourth-order valence-corrected chi connectivity index (χ4v) is 1.09. The molecule has 5 heteroatoms. The molecule has 1 rings (SSSR count). The van der Waals surface area contributed by atoms with Gasteiger partial charge in [-0.25, -0.2) is 5.21 Å². The average molecular weight is 197 g/mol. The predicted octanol–water partition coefficient (Wildman–Crippen LogP) is 1.85. The molecule has 0 aliphatic carbocycles. The number of anilines is 1. The van der Waals surface area contributed by atoms with Crippen LogP contribution in [0.2, 0.25) is 0 Å². The van der Waals surface area contributed by atoms with Crippen LogP contribution in [0.15, 0.2) is 18.2 Å². The van der Waals surface area contributed by atoms with Crippen molar-refractivity contribution in [3.63, 3.8) is 0 Å². The summed E-state index contributed by atoms with van der Waals surface area (Å²) in [6, 6.07) is 5.05. The molecule has 0 radical (unpaired) electrons. The SMILES string of the molecule is CC(C)c1ccc(O[N+](=O)O)c(N)c1. The van der Waals surface area contributed by atoms with Crippen molar-refractivity contribution >= 4 is 5.69 Å². The van der Waals surface area contributed by atoms with E-state index in [2.05, 4.69) is 4.84 Å². The lowest BCUT2D eigenvalue weighted by Crippen LogP contribution is -2.08. The first-order valence-corrected chi connectivity index (χ1v) is 4.24. The van der Waals surface area contributed by atoms with Crippen molar-refractivity contribution < 1.29 is 15.1 Å². The summed E-state index contributed by atoms with van der Waals surface area (Å²) in [5.74, 6) is 0.496. The van der Waals surface area contributed by atoms with Gasteiger partial charge in [-0.3, -0.25) is 0 Å². The zero-order valence-corrected chi connectivity index (χ0v) is 8.10. The number of nitrogen functional groups attached to an aromatic ring is 1. The van der Waals surface area contributed by atoms with E-state index < -0.39 is 5.09 Å². The monoisotopic (exact) mass is 197 g/mol. The molecule has 76 valence electrons. The topological polar surface area (TPSA) is 75.6 Å². The minimum absolute atomic E-state index is 0.145. The maximum absolute atomic E-state index is 10.2. The van der Waals surface area contributed by atoms with Crippen molar-refractivity contribution in [2.75, 3.05) is 5.73 Å². The summed E-state index contributed by atoms with van der Waals surface area (Å²) in [6.45, 7) is 4.06. The van der Waals surface area contributed by atoms with Gasteiger partial charge in [0.2, 0.25) is 5.75 Å². The van der Waals surface area contributed by atoms with Crippen molar-refractivity contribution in [2.24, 2.45) is 0 Å². The largest absolute Gasteiger partial charge is 0.481 e. The molecular weight excluding hydrogens is 184 g/mol. The molecule has 3 N–H and O–H groups in total. The maximum atomic E-state index is 10.2. The van der Waals surface area contributed by atoms with Crippen molar-refractivity contribution in [1.29, 1.82) is 0 Å². The van der Waals surface area contributed by atoms with Crippen LogP contribution in [0.25, 0.3) is 0 Å². The molecule has 0 aliphatic heterocycles. The normalized spacial score (nSPS) is 10.2. The average Bonchev–Trinajstić information content (AvgIpc) is 2.07. The van der Waals surface area contributed by atoms with Crippen LogP contribution >= 0.6 is 0 Å². The van der Waals surface area contributed by atoms with Gasteiger partial charge < -0.3 is 5.73 Å². The van der Waals surface area contributed by atoms with E-state index in [0.717, 1.165) is 5.56 Å². The highest BCUT2D eigenvalue weighted by molar-refractivity contribution is 5.54. The van der Waals surface area contributed by atoms with Crippen LogP contribution < -0.4 is 10.6 Å². The fraction of sp³-hybridized carbons (Fsp3) is 0.333. The molecule has 0 aliphatic rings. The van der Waals surface area contributed by atoms with E-state index in [4.69, 9.17) is 10.9 Å². The Morgan fingerprint density at radius 3 is 2.57 bits per heavy atom. The van der Waals surface area contributed by atoms with Crippen LogP contribution in [0.4, 0.5) is 5.69 Å². The Kier molecular flexibility index (Phi) is 2.91. The van der Waals surface area contributed by atoms with E-state index in [0.29, 0.717) is 11.6 Å². The summed E-state index contributed by atoms with van der Waals surface area (Å²) in [5, 5.41) is 7.68. The summed E-state index contributed by atoms with van der Waals surface area (Å²) in [4.78, 5) is 14.6. The van der Waals surface area contributed by atoms with Gasteiger partial charge in [0, 0.05) is 0 Å². The lowest BCUT2D eigenvalue weighted by molar-refractivity contribution is -0.945. The van der Waals surface area contributed by atoms with Gasteiger partial charge in [0.1, 0.15) is 4.91 Å². The highest BCUT2D eigenvalue weighted by Gasteiger charge is 2.12. The Labute approximate surface area is 81.6 Å². The van der Waals surface area contributed by atoms with E-state index in [-0.39, 0.29) is 5.75 Å². The highest BCUT2D eigenvalue weighted by atomic mass is 17.0. The first-order valence-electron chi connectivity index (χ1n) is 4.24. The summed E-state index contributed by atoms with van der Waals surface area (Å²) in [5.41, 5.74) is 6.98. The fourth-order valence-electron chi connectivity index (χ4n) is 1.09. The molecular formula is C9H13N2O3+. The van der Waals surface area contributed by atoms with E-state index >= 15 is 0 Å². The van der Waals surface area contributed by atoms with Crippen LogP contribution in [0.3, 0.4) is 0 Å². The maximum Gasteiger partial charge on any atom is 0.481 e. The van der Waals surface area contributed by atoms with E-state index in [1.165, 1.54) is 0 Å². The first-order chi connectivity index (χ1) is 6.50. The number of rotatable bonds is 3. The zero-order chi connectivity index (χ0) is 10.7. The second-order valence-electron chi connectivity index (χ2n) is 3.28. The molecule has 0 saturated heterocycles. The number of benzene rings is 1. The highest BCUT2D eigenvalue weighted by Crippen LogP contribution is 2.25. The predicted molar refractivity (Wildman–Crippen MR) is 51.0 cm³/mol. The van der Waals surface area contributed by atoms with Gasteiger partial charge in [-0.1, -0.05) is 19.9 Å². The Morgan fingerprint density at radius 2 is 2.14 bits per heavy atom. The van der Waals surface area contributed by atoms with Gasteiger partial charge in [0.15, 0.2) is 0 Å². The Hall–Kier alpha value is -1.78. The summed E-state index contributed by atoms with van der Waals surface area (Å²) in [6.07, 6.45) is 0. The van der Waals surface area contributed by atoms with E-state index in [1.54, 1.807) is 18.2 Å². The number of hydrogen-bond donors (Lipinski definition) is 2. The second-order valence-corrected chi connectivity index (χ2v) is 3.28. The summed E-state index contributed by atoms with van der Waals surface area (Å²) < 4.78 is 0. The molecule has 1 aromatic carbocycles. The van der Waals surface area contributed by atoms with Gasteiger partial charge in [-0.2, -0.15) is 0 Å². The molecule has 0 unspecified atom stereocenters. The number of hydrogen-bond acceptors (Lipinski definition) is 3. The van der Waals surface area contributed by atoms with Gasteiger partial charge in [0.05, 0.1) is 5.69 Å². The smallest absolute Gasteiger partial charge is 0.395 e. The van der Waals surface area contributed by atoms with Crippen LogP contribution in [-0.2, 0) is 0 Å². The Bertz CT molecular complexity index is 350. The van der Waals surface area contributed by atoms with E-state index in [1.807, 2.05) is 13.8 Å². The van der Waals surface area contributed by atoms with Crippen molar-refractivity contribution in [2.45, 2.75) is 19.8 Å². The summed E-state index contributed by atoms with van der Waals surface area (Å²) >= 11 is 0. The molecule has 0 spiro atoms. The Balaban J connectivity index is 2.95. The number of nitrogens with zero attached hydrogens (tertiary/aromatic N) is 1. The molecule has 0 atom stereocenters. The molecule has 14 heavy (non-hydrogen) atoms. The van der Waals surface area contributed by atoms with E-state index in [9.17, 15) is 4.91 Å². The molecule has 0 aromatic heterocycles. The molecule has 0 bridgehead atoms. The van der Waals surface area contributed by atoms with Crippen molar-refractivity contribution in [1.82, 2.24) is 0 Å². The van der Waals surface area contributed by atoms with Gasteiger partial charge in [-0.05, 0) is 23.6 Å². The van der Waals surface area contributed by atoms with Crippen LogP contribution in [0.5, 0.6) is 5.75 Å². The van der Waals surface area contributed by atoms with Crippen LogP contribution in [0.1, 0.15) is 25.3 Å². The van der Waals surface area contributed by atoms with Crippen LogP contribution in [0, 0.1) is 4.91 Å². The second kappa shape index (κ2) is 3.95. The molecule has 0 fully saturated rings. The molecule has 0 amide bonds. The third-order valence-electron chi connectivity index (χ3n) is 1.88. The van der Waals surface area contributed by atoms with Crippen molar-refractivity contribution in [3.05, 3.63) is 28.7 Å². The third kappa shape index (κ3) is 2.35. The van der Waals surface area contributed by atoms with Crippen molar-refractivity contribution in [3.8, 4) is 5.75 Å². The van der Waals surface area contributed by atoms with Crippen LogP contribution in [-0.4, -0.2) is 10.3 Å². The molecule has 1 aromatic rings. The minimum atomic E-state index is -0.624. The molecule has 0 saturated carbocycles. The minimum Gasteiger partial charge on any atom is -0.395 e. The lowest BCUT2D eigenvalue weighted by atomic mass is 10.0. The zero-order valence-electron chi connectivity index (χ0n) is 8.10. The van der Waals surface area contributed by atoms with Gasteiger partial charge in [0.25, 0.3) is 0 Å².